The maximum Gasteiger partial charge on any atom is 0.423 e. The molecule has 3 rings (SSSR count). The fourth-order valence-electron chi connectivity index (χ4n) is 2.66. The van der Waals surface area contributed by atoms with E-state index in [4.69, 9.17) is 4.42 Å². The number of aromatic amines is 1. The van der Waals surface area contributed by atoms with Crippen LogP contribution in [0.1, 0.15) is 23.9 Å². The SMILES string of the molecule is C[C@@](O)(CSCc1ccco1)c1cc2cc([N+](=O)[O-])c(C(F)(F)F)cc2[nH]1. The highest BCUT2D eigenvalue weighted by Crippen LogP contribution is 2.39. The number of nitrogens with zero attached hydrogens (tertiary/aromatic N) is 1. The number of alkyl halides is 3. The van der Waals surface area contributed by atoms with E-state index >= 15 is 0 Å². The summed E-state index contributed by atoms with van der Waals surface area (Å²) in [6, 6.07) is 6.53. The van der Waals surface area contributed by atoms with E-state index < -0.39 is 28.0 Å². The molecule has 2 heterocycles. The molecule has 0 aliphatic carbocycles. The second-order valence-corrected chi connectivity index (χ2v) is 7.23. The third-order valence-electron chi connectivity index (χ3n) is 4.03. The van der Waals surface area contributed by atoms with Gasteiger partial charge in [0.2, 0.25) is 0 Å². The molecular formula is C17H15F3N2O4S. The first kappa shape index (κ1) is 19.3. The Kier molecular flexibility index (Phi) is 4.96. The highest BCUT2D eigenvalue weighted by molar-refractivity contribution is 7.98. The molecule has 27 heavy (non-hydrogen) atoms. The van der Waals surface area contributed by atoms with Gasteiger partial charge >= 0.3 is 6.18 Å². The molecule has 0 unspecified atom stereocenters. The van der Waals surface area contributed by atoms with E-state index in [1.165, 1.54) is 31.0 Å². The van der Waals surface area contributed by atoms with Crippen LogP contribution < -0.4 is 0 Å². The van der Waals surface area contributed by atoms with Gasteiger partial charge in [-0.15, -0.1) is 0 Å². The molecule has 0 radical (unpaired) electrons. The molecule has 2 N–H and O–H groups in total. The second-order valence-electron chi connectivity index (χ2n) is 6.24. The molecule has 144 valence electrons. The molecule has 0 aliphatic heterocycles. The molecule has 10 heteroatoms. The van der Waals surface area contributed by atoms with E-state index in [9.17, 15) is 28.4 Å². The Labute approximate surface area is 155 Å². The summed E-state index contributed by atoms with van der Waals surface area (Å²) < 4.78 is 44.5. The monoisotopic (exact) mass is 400 g/mol. The minimum atomic E-state index is -4.86. The van der Waals surface area contributed by atoms with Crippen LogP contribution in [-0.4, -0.2) is 20.8 Å². The van der Waals surface area contributed by atoms with Crippen LogP contribution in [0.4, 0.5) is 18.9 Å². The first-order valence-corrected chi connectivity index (χ1v) is 8.95. The number of fused-ring (bicyclic) bond motifs is 1. The maximum atomic E-state index is 13.1. The van der Waals surface area contributed by atoms with Gasteiger partial charge in [0.25, 0.3) is 5.69 Å². The van der Waals surface area contributed by atoms with Crippen LogP contribution >= 0.6 is 11.8 Å². The molecule has 6 nitrogen and oxygen atoms in total. The van der Waals surface area contributed by atoms with Crippen molar-refractivity contribution in [2.45, 2.75) is 24.5 Å². The van der Waals surface area contributed by atoms with E-state index in [1.807, 2.05) is 0 Å². The third-order valence-corrected chi connectivity index (χ3v) is 5.28. The Hall–Kier alpha value is -2.46. The van der Waals surface area contributed by atoms with Gasteiger partial charge in [-0.25, -0.2) is 0 Å². The smallest absolute Gasteiger partial charge is 0.423 e. The first-order chi connectivity index (χ1) is 12.6. The number of aliphatic hydroxyl groups is 1. The van der Waals surface area contributed by atoms with E-state index in [1.54, 1.807) is 12.1 Å². The summed E-state index contributed by atoms with van der Waals surface area (Å²) >= 11 is 1.39. The van der Waals surface area contributed by atoms with Gasteiger partial charge in [-0.05, 0) is 31.2 Å². The molecule has 0 spiro atoms. The van der Waals surface area contributed by atoms with Crippen molar-refractivity contribution in [3.8, 4) is 0 Å². The summed E-state index contributed by atoms with van der Waals surface area (Å²) in [4.78, 5) is 12.7. The predicted molar refractivity (Wildman–Crippen MR) is 94.4 cm³/mol. The Bertz CT molecular complexity index is 965. The summed E-state index contributed by atoms with van der Waals surface area (Å²) in [5.74, 6) is 1.50. The number of rotatable bonds is 6. The summed E-state index contributed by atoms with van der Waals surface area (Å²) in [6.45, 7) is 1.52. The Morgan fingerprint density at radius 2 is 2.07 bits per heavy atom. The summed E-state index contributed by atoms with van der Waals surface area (Å²) in [5, 5.41) is 21.9. The van der Waals surface area contributed by atoms with Gasteiger partial charge < -0.3 is 14.5 Å². The highest BCUT2D eigenvalue weighted by atomic mass is 32.2. The van der Waals surface area contributed by atoms with Crippen LogP contribution in [0.3, 0.4) is 0 Å². The Morgan fingerprint density at radius 3 is 2.67 bits per heavy atom. The molecule has 0 bridgehead atoms. The number of hydrogen-bond acceptors (Lipinski definition) is 5. The number of nitro benzene ring substituents is 1. The van der Waals surface area contributed by atoms with Crippen molar-refractivity contribution in [1.29, 1.82) is 0 Å². The Balaban J connectivity index is 1.89. The van der Waals surface area contributed by atoms with Gasteiger partial charge in [0, 0.05) is 28.4 Å². The number of nitro groups is 1. The van der Waals surface area contributed by atoms with Gasteiger partial charge in [-0.2, -0.15) is 24.9 Å². The number of aromatic nitrogens is 1. The minimum Gasteiger partial charge on any atom is -0.468 e. The quantitative estimate of drug-likeness (QED) is 0.457. The third kappa shape index (κ3) is 4.11. The van der Waals surface area contributed by atoms with Gasteiger partial charge in [0.05, 0.1) is 16.9 Å². The summed E-state index contributed by atoms with van der Waals surface area (Å²) in [6.07, 6.45) is -3.32. The van der Waals surface area contributed by atoms with Crippen LogP contribution in [0.25, 0.3) is 10.9 Å². The zero-order chi connectivity index (χ0) is 19.8. The van der Waals surface area contributed by atoms with Crippen LogP contribution in [-0.2, 0) is 17.5 Å². The molecule has 3 aromatic rings. The zero-order valence-corrected chi connectivity index (χ0v) is 14.9. The van der Waals surface area contributed by atoms with Gasteiger partial charge in [0.15, 0.2) is 0 Å². The average Bonchev–Trinajstić information content (AvgIpc) is 3.21. The van der Waals surface area contributed by atoms with Crippen molar-refractivity contribution in [1.82, 2.24) is 4.98 Å². The number of benzene rings is 1. The van der Waals surface area contributed by atoms with Gasteiger partial charge in [0.1, 0.15) is 16.9 Å². The minimum absolute atomic E-state index is 0.0687. The molecule has 0 fully saturated rings. The van der Waals surface area contributed by atoms with Crippen molar-refractivity contribution < 1.29 is 27.6 Å². The van der Waals surface area contributed by atoms with Crippen molar-refractivity contribution >= 4 is 28.4 Å². The lowest BCUT2D eigenvalue weighted by Gasteiger charge is -2.21. The van der Waals surface area contributed by atoms with Crippen LogP contribution in [0.5, 0.6) is 0 Å². The zero-order valence-electron chi connectivity index (χ0n) is 14.0. The van der Waals surface area contributed by atoms with Crippen LogP contribution in [0.2, 0.25) is 0 Å². The topological polar surface area (TPSA) is 92.3 Å². The molecule has 0 saturated carbocycles. The maximum absolute atomic E-state index is 13.1. The van der Waals surface area contributed by atoms with E-state index in [-0.39, 0.29) is 22.3 Å². The number of H-pyrrole nitrogens is 1. The lowest BCUT2D eigenvalue weighted by molar-refractivity contribution is -0.387. The molecule has 0 amide bonds. The number of furan rings is 1. The summed E-state index contributed by atoms with van der Waals surface area (Å²) in [5.41, 5.74) is -3.38. The van der Waals surface area contributed by atoms with Crippen molar-refractivity contribution in [2.75, 3.05) is 5.75 Å². The van der Waals surface area contributed by atoms with Crippen molar-refractivity contribution in [2.24, 2.45) is 0 Å². The van der Waals surface area contributed by atoms with Gasteiger partial charge in [-0.1, -0.05) is 0 Å². The van der Waals surface area contributed by atoms with E-state index in [0.29, 0.717) is 11.8 Å². The largest absolute Gasteiger partial charge is 0.468 e. The highest BCUT2D eigenvalue weighted by Gasteiger charge is 2.39. The standard InChI is InChI=1S/C17H15F3N2O4S/c1-16(23,9-27-8-11-3-2-4-26-11)15-6-10-5-14(22(24)25)12(17(18,19)20)7-13(10)21-15/h2-7,21,23H,8-9H2,1H3/t16-/m1/s1. The second kappa shape index (κ2) is 6.93. The fourth-order valence-corrected chi connectivity index (χ4v) is 3.68. The molecule has 1 atom stereocenters. The Morgan fingerprint density at radius 1 is 1.33 bits per heavy atom. The lowest BCUT2D eigenvalue weighted by atomic mass is 10.1. The molecule has 1 aromatic carbocycles. The van der Waals surface area contributed by atoms with Crippen LogP contribution in [0.15, 0.2) is 41.0 Å². The normalized spacial score (nSPS) is 14.4. The first-order valence-electron chi connectivity index (χ1n) is 7.79. The molecule has 0 saturated heterocycles. The summed E-state index contributed by atoms with van der Waals surface area (Å²) in [7, 11) is 0. The van der Waals surface area contributed by atoms with Crippen molar-refractivity contribution in [3.63, 3.8) is 0 Å². The predicted octanol–water partition coefficient (Wildman–Crippen LogP) is 4.83. The fraction of sp³-hybridized carbons (Fsp3) is 0.294. The van der Waals surface area contributed by atoms with E-state index in [2.05, 4.69) is 4.98 Å². The van der Waals surface area contributed by atoms with Crippen LogP contribution in [0, 0.1) is 10.1 Å². The number of nitrogens with one attached hydrogen (secondary N) is 1. The lowest BCUT2D eigenvalue weighted by Crippen LogP contribution is -2.24. The van der Waals surface area contributed by atoms with E-state index in [0.717, 1.165) is 11.8 Å². The number of halogens is 3. The molecule has 0 aliphatic rings. The number of hydrogen-bond donors (Lipinski definition) is 2. The van der Waals surface area contributed by atoms with Crippen molar-refractivity contribution in [3.05, 3.63) is 63.7 Å². The molecular weight excluding hydrogens is 385 g/mol. The van der Waals surface area contributed by atoms with Gasteiger partial charge in [-0.3, -0.25) is 10.1 Å². The molecule has 2 aromatic heterocycles. The average molecular weight is 400 g/mol. The number of thioether (sulfide) groups is 1.